The Balaban J connectivity index is 0. The molecule has 1 nitrogen and oxygen atoms in total. The molecule has 0 unspecified atom stereocenters. The zero-order chi connectivity index (χ0) is 17.4. The normalized spacial score (nSPS) is 9.26. The molecule has 0 radical (unpaired) electrons. The van der Waals surface area contributed by atoms with Gasteiger partial charge in [-0.2, -0.15) is 0 Å². The Kier molecular flexibility index (Phi) is 16.0. The van der Waals surface area contributed by atoms with Crippen LogP contribution in [0.1, 0.15) is 30.9 Å². The fraction of sp³-hybridized carbons (Fsp3) is 0.182. The molecule has 0 amide bonds. The van der Waals surface area contributed by atoms with Gasteiger partial charge in [-0.15, -0.1) is 0 Å². The number of rotatable bonds is 3. The van der Waals surface area contributed by atoms with E-state index in [0.717, 1.165) is 10.6 Å². The Morgan fingerprint density at radius 3 is 1.37 bits per heavy atom. The quantitative estimate of drug-likeness (QED) is 0.361. The Morgan fingerprint density at radius 2 is 1.04 bits per heavy atom. The molecule has 0 aliphatic heterocycles. The number of hydrogen-bond donors (Lipinski definition) is 1. The first-order valence-electron chi connectivity index (χ1n) is 8.23. The smallest absolute Gasteiger partial charge is 1.00 e. The molecule has 0 saturated heterocycles. The zero-order valence-electron chi connectivity index (χ0n) is 15.7. The predicted molar refractivity (Wildman–Crippen MR) is 107 cm³/mol. The topological polar surface area (TPSA) is 20.2 Å². The summed E-state index contributed by atoms with van der Waals surface area (Å²) in [7, 11) is -1.17. The zero-order valence-corrected chi connectivity index (χ0v) is 19.8. The van der Waals surface area contributed by atoms with E-state index in [-0.39, 0.29) is 44.3 Å². The van der Waals surface area contributed by atoms with Crippen LogP contribution in [-0.4, -0.2) is 4.89 Å². The van der Waals surface area contributed by atoms with Crippen LogP contribution in [0.3, 0.4) is 0 Å². The summed E-state index contributed by atoms with van der Waals surface area (Å²) in [4.78, 5) is 10.1. The molecule has 1 N–H and O–H groups in total. The van der Waals surface area contributed by atoms with Gasteiger partial charge >= 0.3 is 19.5 Å². The molecule has 0 atom stereocenters. The van der Waals surface area contributed by atoms with Crippen LogP contribution in [0.4, 0.5) is 0 Å². The summed E-state index contributed by atoms with van der Waals surface area (Å²) in [6.45, 7) is 6.54. The van der Waals surface area contributed by atoms with Gasteiger partial charge in [0.15, 0.2) is 0 Å². The SMILES string of the molecule is Cc1ccc(C(C)C)cc1.OP(c1ccccc1)c1ccccc1.[Cl-].[Cl-].[Ru+2]. The Morgan fingerprint density at radius 1 is 0.667 bits per heavy atom. The fourth-order valence-corrected chi connectivity index (χ4v) is 3.45. The van der Waals surface area contributed by atoms with Crippen LogP contribution in [0.2, 0.25) is 0 Å². The third-order valence-corrected chi connectivity index (χ3v) is 5.32. The average Bonchev–Trinajstić information content (AvgIpc) is 2.63. The van der Waals surface area contributed by atoms with Gasteiger partial charge in [-0.25, -0.2) is 0 Å². The van der Waals surface area contributed by atoms with Crippen molar-refractivity contribution >= 4 is 18.8 Å². The van der Waals surface area contributed by atoms with E-state index in [4.69, 9.17) is 0 Å². The minimum absolute atomic E-state index is 0. The summed E-state index contributed by atoms with van der Waals surface area (Å²) in [5.41, 5.74) is 2.76. The van der Waals surface area contributed by atoms with Gasteiger partial charge in [0.2, 0.25) is 0 Å². The molecule has 0 aliphatic rings. The predicted octanol–water partition coefficient (Wildman–Crippen LogP) is -0.849. The molecule has 3 rings (SSSR count). The van der Waals surface area contributed by atoms with E-state index in [0.29, 0.717) is 5.92 Å². The van der Waals surface area contributed by atoms with Gasteiger partial charge in [-0.3, -0.25) is 0 Å². The van der Waals surface area contributed by atoms with Gasteiger partial charge in [0.1, 0.15) is 0 Å². The van der Waals surface area contributed by atoms with E-state index in [2.05, 4.69) is 45.0 Å². The second-order valence-corrected chi connectivity index (χ2v) is 7.70. The number of halogens is 2. The van der Waals surface area contributed by atoms with Crippen LogP contribution in [0.25, 0.3) is 0 Å². The van der Waals surface area contributed by atoms with Gasteiger partial charge in [0, 0.05) is 10.6 Å². The van der Waals surface area contributed by atoms with Crippen molar-refractivity contribution in [1.82, 2.24) is 0 Å². The maximum absolute atomic E-state index is 10.1. The van der Waals surface area contributed by atoms with Crippen LogP contribution in [0, 0.1) is 6.92 Å². The largest absolute Gasteiger partial charge is 2.00 e. The summed E-state index contributed by atoms with van der Waals surface area (Å²) in [5, 5.41) is 1.99. The van der Waals surface area contributed by atoms with Crippen molar-refractivity contribution in [2.24, 2.45) is 0 Å². The summed E-state index contributed by atoms with van der Waals surface area (Å²) in [6, 6.07) is 28.2. The van der Waals surface area contributed by atoms with Gasteiger partial charge in [0.05, 0.1) is 8.15 Å². The van der Waals surface area contributed by atoms with Crippen LogP contribution in [-0.2, 0) is 19.5 Å². The summed E-state index contributed by atoms with van der Waals surface area (Å²) < 4.78 is 0. The van der Waals surface area contributed by atoms with E-state index in [1.807, 2.05) is 60.7 Å². The third-order valence-electron chi connectivity index (χ3n) is 3.75. The average molecular weight is 508 g/mol. The van der Waals surface area contributed by atoms with E-state index in [1.165, 1.54) is 11.1 Å². The number of benzene rings is 3. The van der Waals surface area contributed by atoms with Crippen LogP contribution in [0.15, 0.2) is 84.9 Å². The molecule has 0 bridgehead atoms. The van der Waals surface area contributed by atoms with Crippen molar-refractivity contribution in [2.75, 3.05) is 0 Å². The van der Waals surface area contributed by atoms with E-state index >= 15 is 0 Å². The minimum Gasteiger partial charge on any atom is -1.00 e. The van der Waals surface area contributed by atoms with Crippen molar-refractivity contribution in [2.45, 2.75) is 26.7 Å². The first-order valence-corrected chi connectivity index (χ1v) is 9.53. The molecule has 27 heavy (non-hydrogen) atoms. The molecule has 0 aliphatic carbocycles. The third kappa shape index (κ3) is 9.84. The molecule has 3 aromatic rings. The summed E-state index contributed by atoms with van der Waals surface area (Å²) in [5.74, 6) is 0.653. The van der Waals surface area contributed by atoms with Gasteiger partial charge in [-0.05, 0) is 18.4 Å². The molecular weight excluding hydrogens is 483 g/mol. The van der Waals surface area contributed by atoms with Gasteiger partial charge in [0.25, 0.3) is 0 Å². The summed E-state index contributed by atoms with van der Waals surface area (Å²) in [6.07, 6.45) is 0. The number of hydrogen-bond acceptors (Lipinski definition) is 1. The second-order valence-electron chi connectivity index (χ2n) is 6.05. The van der Waals surface area contributed by atoms with Gasteiger partial charge in [-0.1, -0.05) is 104 Å². The van der Waals surface area contributed by atoms with Crippen LogP contribution < -0.4 is 35.4 Å². The molecule has 0 spiro atoms. The Hall–Kier alpha value is -0.747. The Bertz CT molecular complexity index is 683. The van der Waals surface area contributed by atoms with Gasteiger partial charge < -0.3 is 29.7 Å². The van der Waals surface area contributed by atoms with Crippen LogP contribution in [0.5, 0.6) is 0 Å². The number of aryl methyl sites for hydroxylation is 1. The van der Waals surface area contributed by atoms with E-state index in [9.17, 15) is 4.89 Å². The first-order chi connectivity index (χ1) is 11.6. The standard InChI is InChI=1S/C12H11OP.C10H14.2ClH.Ru/c13-14(11-7-3-1-4-8-11)12-9-5-2-6-10-12;1-8(2)10-6-4-9(3)5-7-10;;;/h1-10,13H;4-8H,1-3H3;2*1H;/q;;;;+2/p-2. The molecule has 0 fully saturated rings. The van der Waals surface area contributed by atoms with E-state index < -0.39 is 8.15 Å². The fourth-order valence-electron chi connectivity index (χ4n) is 2.24. The summed E-state index contributed by atoms with van der Waals surface area (Å²) >= 11 is 0. The maximum Gasteiger partial charge on any atom is 2.00 e. The molecule has 5 heteroatoms. The molecule has 3 aromatic carbocycles. The molecule has 0 saturated carbocycles. The van der Waals surface area contributed by atoms with Crippen molar-refractivity contribution in [1.29, 1.82) is 0 Å². The molecule has 0 heterocycles. The van der Waals surface area contributed by atoms with E-state index in [1.54, 1.807) is 0 Å². The first kappa shape index (κ1) is 28.5. The second kappa shape index (κ2) is 15.2. The minimum atomic E-state index is -1.17. The maximum atomic E-state index is 10.1. The molecular formula is C22H25Cl2OPRu. The Labute approximate surface area is 190 Å². The van der Waals surface area contributed by atoms with Crippen molar-refractivity contribution in [3.05, 3.63) is 96.1 Å². The monoisotopic (exact) mass is 508 g/mol. The van der Waals surface area contributed by atoms with Crippen LogP contribution >= 0.6 is 8.15 Å². The van der Waals surface area contributed by atoms with Crippen molar-refractivity contribution < 1.29 is 49.2 Å². The molecule has 146 valence electrons. The van der Waals surface area contributed by atoms with Crippen molar-refractivity contribution in [3.8, 4) is 0 Å². The molecule has 0 aromatic heterocycles. The van der Waals surface area contributed by atoms with Crippen molar-refractivity contribution in [3.63, 3.8) is 0 Å².